The van der Waals surface area contributed by atoms with Crippen LogP contribution in [0.2, 0.25) is 0 Å². The molecule has 16 heavy (non-hydrogen) atoms. The Morgan fingerprint density at radius 3 is 3.00 bits per heavy atom. The van der Waals surface area contributed by atoms with Gasteiger partial charge in [-0.15, -0.1) is 0 Å². The van der Waals surface area contributed by atoms with Gasteiger partial charge in [0.1, 0.15) is 0 Å². The van der Waals surface area contributed by atoms with E-state index in [0.717, 1.165) is 32.1 Å². The predicted octanol–water partition coefficient (Wildman–Crippen LogP) is 2.68. The summed E-state index contributed by atoms with van der Waals surface area (Å²) in [4.78, 5) is 11.9. The van der Waals surface area contributed by atoms with Crippen LogP contribution in [0.3, 0.4) is 0 Å². The molecule has 4 unspecified atom stereocenters. The monoisotopic (exact) mass is 226 g/mol. The van der Waals surface area contributed by atoms with E-state index in [1.165, 1.54) is 0 Å². The molecule has 0 aromatic heterocycles. The van der Waals surface area contributed by atoms with Crippen molar-refractivity contribution in [1.29, 1.82) is 0 Å². The molecule has 1 aliphatic heterocycles. The van der Waals surface area contributed by atoms with Crippen molar-refractivity contribution in [2.75, 3.05) is 0 Å². The van der Waals surface area contributed by atoms with Crippen LogP contribution >= 0.6 is 0 Å². The molecule has 0 aromatic rings. The number of carbonyl (C=O) groups is 1. The second kappa shape index (κ2) is 4.36. The first-order chi connectivity index (χ1) is 7.55. The molecule has 2 fully saturated rings. The molecular weight excluding hydrogens is 204 g/mol. The van der Waals surface area contributed by atoms with Gasteiger partial charge < -0.3 is 9.47 Å². The molecule has 4 atom stereocenters. The molecule has 3 nitrogen and oxygen atoms in total. The average Bonchev–Trinajstić information content (AvgIpc) is 2.88. The van der Waals surface area contributed by atoms with E-state index in [1.54, 1.807) is 0 Å². The van der Waals surface area contributed by atoms with Gasteiger partial charge >= 0.3 is 5.97 Å². The number of hydrogen-bond donors (Lipinski definition) is 0. The smallest absolute Gasteiger partial charge is 0.309 e. The number of rotatable bonds is 4. The SMILES string of the molecule is CCCC(C)OC(=O)C1CCC2(C)OC2C1. The standard InChI is InChI=1S/C13H22O3/c1-4-5-9(2)15-12(14)10-6-7-13(3)11(8-10)16-13/h9-11H,4-8H2,1-3H3. The third kappa shape index (κ3) is 2.40. The summed E-state index contributed by atoms with van der Waals surface area (Å²) < 4.78 is 11.0. The Bertz CT molecular complexity index is 276. The van der Waals surface area contributed by atoms with Gasteiger partial charge in [-0.3, -0.25) is 4.79 Å². The molecular formula is C13H22O3. The van der Waals surface area contributed by atoms with Gasteiger partial charge in [0.2, 0.25) is 0 Å². The lowest BCUT2D eigenvalue weighted by Gasteiger charge is -2.22. The van der Waals surface area contributed by atoms with Crippen LogP contribution in [0.1, 0.15) is 52.9 Å². The van der Waals surface area contributed by atoms with Crippen molar-refractivity contribution >= 4 is 5.97 Å². The quantitative estimate of drug-likeness (QED) is 0.546. The maximum atomic E-state index is 11.9. The first-order valence-electron chi connectivity index (χ1n) is 6.43. The highest BCUT2D eigenvalue weighted by Crippen LogP contribution is 2.49. The van der Waals surface area contributed by atoms with Crippen LogP contribution in [-0.4, -0.2) is 23.8 Å². The average molecular weight is 226 g/mol. The summed E-state index contributed by atoms with van der Waals surface area (Å²) in [5.74, 6) is 0.0541. The van der Waals surface area contributed by atoms with Gasteiger partial charge in [0.25, 0.3) is 0 Å². The molecule has 1 saturated carbocycles. The van der Waals surface area contributed by atoms with Crippen LogP contribution in [0.4, 0.5) is 0 Å². The Labute approximate surface area is 97.5 Å². The number of ether oxygens (including phenoxy) is 2. The van der Waals surface area contributed by atoms with Gasteiger partial charge in [0.05, 0.1) is 23.7 Å². The molecule has 1 heterocycles. The summed E-state index contributed by atoms with van der Waals surface area (Å²) in [5, 5.41) is 0. The van der Waals surface area contributed by atoms with Crippen molar-refractivity contribution in [2.24, 2.45) is 5.92 Å². The molecule has 0 bridgehead atoms. The predicted molar refractivity (Wildman–Crippen MR) is 61.1 cm³/mol. The Balaban J connectivity index is 1.78. The fraction of sp³-hybridized carbons (Fsp3) is 0.923. The van der Waals surface area contributed by atoms with Crippen LogP contribution in [0.15, 0.2) is 0 Å². The first kappa shape index (κ1) is 11.9. The zero-order chi connectivity index (χ0) is 11.8. The van der Waals surface area contributed by atoms with Crippen LogP contribution in [-0.2, 0) is 14.3 Å². The topological polar surface area (TPSA) is 38.8 Å². The Morgan fingerprint density at radius 2 is 2.38 bits per heavy atom. The van der Waals surface area contributed by atoms with Gasteiger partial charge in [0.15, 0.2) is 0 Å². The second-order valence-corrected chi connectivity index (χ2v) is 5.43. The molecule has 1 aliphatic carbocycles. The van der Waals surface area contributed by atoms with Gasteiger partial charge in [-0.1, -0.05) is 13.3 Å². The maximum Gasteiger partial charge on any atom is 0.309 e. The highest BCUT2D eigenvalue weighted by molar-refractivity contribution is 5.73. The lowest BCUT2D eigenvalue weighted by molar-refractivity contribution is -0.154. The number of fused-ring (bicyclic) bond motifs is 1. The zero-order valence-corrected chi connectivity index (χ0v) is 10.5. The number of hydrogen-bond acceptors (Lipinski definition) is 3. The van der Waals surface area contributed by atoms with Crippen LogP contribution in [0.5, 0.6) is 0 Å². The molecule has 1 saturated heterocycles. The van der Waals surface area contributed by atoms with Crippen molar-refractivity contribution in [2.45, 2.75) is 70.7 Å². The minimum absolute atomic E-state index is 0.0153. The lowest BCUT2D eigenvalue weighted by atomic mass is 9.83. The van der Waals surface area contributed by atoms with Crippen LogP contribution in [0, 0.1) is 5.92 Å². The van der Waals surface area contributed by atoms with Gasteiger partial charge in [-0.25, -0.2) is 0 Å². The van der Waals surface area contributed by atoms with E-state index in [9.17, 15) is 4.79 Å². The number of esters is 1. The Hall–Kier alpha value is -0.570. The highest BCUT2D eigenvalue weighted by atomic mass is 16.6. The molecule has 0 aromatic carbocycles. The molecule has 2 aliphatic rings. The number of carbonyl (C=O) groups excluding carboxylic acids is 1. The number of epoxide rings is 1. The normalized spacial score (nSPS) is 38.7. The van der Waals surface area contributed by atoms with E-state index in [1.807, 2.05) is 6.92 Å². The van der Waals surface area contributed by atoms with Crippen LogP contribution < -0.4 is 0 Å². The zero-order valence-electron chi connectivity index (χ0n) is 10.5. The molecule has 2 rings (SSSR count). The third-order valence-electron chi connectivity index (χ3n) is 3.87. The van der Waals surface area contributed by atoms with E-state index >= 15 is 0 Å². The summed E-state index contributed by atoms with van der Waals surface area (Å²) >= 11 is 0. The van der Waals surface area contributed by atoms with E-state index in [4.69, 9.17) is 9.47 Å². The summed E-state index contributed by atoms with van der Waals surface area (Å²) in [6.07, 6.45) is 5.16. The van der Waals surface area contributed by atoms with Crippen molar-refractivity contribution < 1.29 is 14.3 Å². The summed E-state index contributed by atoms with van der Waals surface area (Å²) in [5.41, 5.74) is 0.0891. The lowest BCUT2D eigenvalue weighted by Crippen LogP contribution is -2.29. The summed E-state index contributed by atoms with van der Waals surface area (Å²) in [6.45, 7) is 6.22. The minimum atomic E-state index is -0.0153. The minimum Gasteiger partial charge on any atom is -0.462 e. The highest BCUT2D eigenvalue weighted by Gasteiger charge is 2.56. The first-order valence-corrected chi connectivity index (χ1v) is 6.43. The Kier molecular flexibility index (Phi) is 3.24. The van der Waals surface area contributed by atoms with Crippen molar-refractivity contribution in [3.05, 3.63) is 0 Å². The van der Waals surface area contributed by atoms with E-state index in [-0.39, 0.29) is 23.6 Å². The van der Waals surface area contributed by atoms with Crippen LogP contribution in [0.25, 0.3) is 0 Å². The van der Waals surface area contributed by atoms with E-state index in [0.29, 0.717) is 6.10 Å². The molecule has 0 N–H and O–H groups in total. The van der Waals surface area contributed by atoms with Crippen molar-refractivity contribution in [3.8, 4) is 0 Å². The summed E-state index contributed by atoms with van der Waals surface area (Å²) in [6, 6.07) is 0. The fourth-order valence-corrected chi connectivity index (χ4v) is 2.62. The fourth-order valence-electron chi connectivity index (χ4n) is 2.62. The largest absolute Gasteiger partial charge is 0.462 e. The van der Waals surface area contributed by atoms with E-state index < -0.39 is 0 Å². The third-order valence-corrected chi connectivity index (χ3v) is 3.87. The molecule has 3 heteroatoms. The molecule has 0 radical (unpaired) electrons. The second-order valence-electron chi connectivity index (χ2n) is 5.43. The summed E-state index contributed by atoms with van der Waals surface area (Å²) in [7, 11) is 0. The van der Waals surface area contributed by atoms with Crippen molar-refractivity contribution in [1.82, 2.24) is 0 Å². The van der Waals surface area contributed by atoms with Crippen molar-refractivity contribution in [3.63, 3.8) is 0 Å². The maximum absolute atomic E-state index is 11.9. The molecule has 92 valence electrons. The Morgan fingerprint density at radius 1 is 1.62 bits per heavy atom. The van der Waals surface area contributed by atoms with Gasteiger partial charge in [0, 0.05) is 0 Å². The molecule has 0 amide bonds. The van der Waals surface area contributed by atoms with Gasteiger partial charge in [-0.2, -0.15) is 0 Å². The van der Waals surface area contributed by atoms with Gasteiger partial charge in [-0.05, 0) is 39.5 Å². The molecule has 0 spiro atoms. The van der Waals surface area contributed by atoms with E-state index in [2.05, 4.69) is 13.8 Å².